The molecule has 1 aliphatic heterocycles. The van der Waals surface area contributed by atoms with Crippen molar-refractivity contribution in [3.05, 3.63) is 33.2 Å². The van der Waals surface area contributed by atoms with Gasteiger partial charge in [0.2, 0.25) is 0 Å². The van der Waals surface area contributed by atoms with Crippen molar-refractivity contribution >= 4 is 51.1 Å². The van der Waals surface area contributed by atoms with E-state index in [2.05, 4.69) is 32.8 Å². The van der Waals surface area contributed by atoms with Crippen molar-refractivity contribution in [2.45, 2.75) is 0 Å². The van der Waals surface area contributed by atoms with Crippen LogP contribution in [-0.2, 0) is 23.8 Å². The summed E-state index contributed by atoms with van der Waals surface area (Å²) in [6, 6.07) is 5.56. The average molecular weight is 443 g/mol. The van der Waals surface area contributed by atoms with Gasteiger partial charge in [-0.15, -0.1) is 0 Å². The van der Waals surface area contributed by atoms with Crippen LogP contribution in [0.3, 0.4) is 0 Å². The molecule has 2 aromatic rings. The molecule has 1 aromatic heterocycles. The van der Waals surface area contributed by atoms with Gasteiger partial charge in [0.25, 0.3) is 0 Å². The zero-order valence-electron chi connectivity index (χ0n) is 13.0. The molecule has 0 aliphatic carbocycles. The van der Waals surface area contributed by atoms with E-state index < -0.39 is 11.9 Å². The first-order valence-corrected chi connectivity index (χ1v) is 8.04. The SMILES string of the molecule is COC(=O)C1=C(C(=O)OC)N(c2cccc3c(I)[nH]nc23)COC1. The summed E-state index contributed by atoms with van der Waals surface area (Å²) in [7, 11) is 2.51. The molecule has 3 rings (SSSR count). The van der Waals surface area contributed by atoms with E-state index in [0.29, 0.717) is 11.2 Å². The molecule has 0 bridgehead atoms. The van der Waals surface area contributed by atoms with E-state index in [-0.39, 0.29) is 24.6 Å². The minimum Gasteiger partial charge on any atom is -0.466 e. The number of carbonyl (C=O) groups excluding carboxylic acids is 2. The van der Waals surface area contributed by atoms with Crippen molar-refractivity contribution in [2.75, 3.05) is 32.5 Å². The zero-order valence-corrected chi connectivity index (χ0v) is 15.1. The van der Waals surface area contributed by atoms with Crippen LogP contribution >= 0.6 is 22.6 Å². The maximum absolute atomic E-state index is 12.3. The van der Waals surface area contributed by atoms with E-state index in [0.717, 1.165) is 9.09 Å². The number of anilines is 1. The molecule has 0 saturated heterocycles. The van der Waals surface area contributed by atoms with Gasteiger partial charge < -0.3 is 19.1 Å². The highest BCUT2D eigenvalue weighted by molar-refractivity contribution is 14.1. The third-order valence-corrected chi connectivity index (χ3v) is 4.46. The van der Waals surface area contributed by atoms with Crippen molar-refractivity contribution in [3.8, 4) is 0 Å². The van der Waals surface area contributed by atoms with Crippen LogP contribution in [0.15, 0.2) is 29.5 Å². The lowest BCUT2D eigenvalue weighted by atomic mass is 10.1. The maximum Gasteiger partial charge on any atom is 0.355 e. The van der Waals surface area contributed by atoms with Gasteiger partial charge in [-0.1, -0.05) is 6.07 Å². The van der Waals surface area contributed by atoms with E-state index in [1.165, 1.54) is 14.2 Å². The Morgan fingerprint density at radius 1 is 1.29 bits per heavy atom. The summed E-state index contributed by atoms with van der Waals surface area (Å²) in [4.78, 5) is 25.9. The Bertz CT molecular complexity index is 845. The molecule has 0 radical (unpaired) electrons. The highest BCUT2D eigenvalue weighted by Gasteiger charge is 2.33. The second-order valence-electron chi connectivity index (χ2n) is 4.93. The Morgan fingerprint density at radius 2 is 2.04 bits per heavy atom. The Labute approximate surface area is 150 Å². The summed E-state index contributed by atoms with van der Waals surface area (Å²) in [6.45, 7) is 0.0646. The van der Waals surface area contributed by atoms with Gasteiger partial charge in [-0.3, -0.25) is 5.10 Å². The zero-order chi connectivity index (χ0) is 17.3. The monoisotopic (exact) mass is 443 g/mol. The van der Waals surface area contributed by atoms with Crippen molar-refractivity contribution in [3.63, 3.8) is 0 Å². The minimum atomic E-state index is -0.638. The maximum atomic E-state index is 12.3. The van der Waals surface area contributed by atoms with Crippen molar-refractivity contribution in [2.24, 2.45) is 0 Å². The topological polar surface area (TPSA) is 93.8 Å². The van der Waals surface area contributed by atoms with Crippen LogP contribution in [0.5, 0.6) is 0 Å². The number of hydrogen-bond donors (Lipinski definition) is 1. The standard InChI is InChI=1S/C15H14IN3O5/c1-22-14(20)9-6-24-7-19(12(9)15(21)23-2)10-5-3-4-8-11(10)17-18-13(8)16/h3-5H,6-7H2,1-2H3,(H,17,18). The Kier molecular flexibility index (Phi) is 4.71. The predicted octanol–water partition coefficient (Wildman–Crippen LogP) is 1.56. The number of fused-ring (bicyclic) bond motifs is 1. The number of aromatic nitrogens is 2. The molecule has 1 N–H and O–H groups in total. The summed E-state index contributed by atoms with van der Waals surface area (Å²) in [5.41, 5.74) is 1.50. The molecular weight excluding hydrogens is 429 g/mol. The normalized spacial score (nSPS) is 14.9. The minimum absolute atomic E-state index is 0.0261. The van der Waals surface area contributed by atoms with E-state index in [1.54, 1.807) is 11.0 Å². The average Bonchev–Trinajstić information content (AvgIpc) is 3.01. The third kappa shape index (κ3) is 2.73. The van der Waals surface area contributed by atoms with Crippen molar-refractivity contribution < 1.29 is 23.8 Å². The van der Waals surface area contributed by atoms with Gasteiger partial charge in [0, 0.05) is 5.39 Å². The summed E-state index contributed by atoms with van der Waals surface area (Å²) in [6.07, 6.45) is 0. The molecule has 24 heavy (non-hydrogen) atoms. The molecule has 0 unspecified atom stereocenters. The van der Waals surface area contributed by atoms with Gasteiger partial charge in [-0.2, -0.15) is 5.10 Å². The van der Waals surface area contributed by atoms with Crippen LogP contribution in [-0.4, -0.2) is 49.7 Å². The van der Waals surface area contributed by atoms with Crippen LogP contribution in [0.2, 0.25) is 0 Å². The smallest absolute Gasteiger partial charge is 0.355 e. The van der Waals surface area contributed by atoms with Gasteiger partial charge in [0.15, 0.2) is 0 Å². The van der Waals surface area contributed by atoms with Crippen LogP contribution in [0.25, 0.3) is 10.9 Å². The van der Waals surface area contributed by atoms with E-state index in [9.17, 15) is 9.59 Å². The molecule has 0 fully saturated rings. The Hall–Kier alpha value is -2.14. The lowest BCUT2D eigenvalue weighted by Crippen LogP contribution is -2.38. The molecule has 9 heteroatoms. The second-order valence-corrected chi connectivity index (χ2v) is 6.01. The van der Waals surface area contributed by atoms with E-state index in [4.69, 9.17) is 14.2 Å². The second kappa shape index (κ2) is 6.77. The first-order valence-electron chi connectivity index (χ1n) is 6.96. The molecule has 0 spiro atoms. The number of hydrogen-bond acceptors (Lipinski definition) is 7. The molecule has 2 heterocycles. The van der Waals surface area contributed by atoms with Crippen LogP contribution in [0, 0.1) is 3.70 Å². The summed E-state index contributed by atoms with van der Waals surface area (Å²) in [5.74, 6) is -1.27. The molecular formula is C15H14IN3O5. The first-order chi connectivity index (χ1) is 11.6. The number of H-pyrrole nitrogens is 1. The van der Waals surface area contributed by atoms with Gasteiger partial charge >= 0.3 is 11.9 Å². The quantitative estimate of drug-likeness (QED) is 0.569. The van der Waals surface area contributed by atoms with Gasteiger partial charge in [-0.25, -0.2) is 9.59 Å². The third-order valence-electron chi connectivity index (χ3n) is 3.64. The molecule has 1 aliphatic rings. The summed E-state index contributed by atoms with van der Waals surface area (Å²) >= 11 is 2.14. The number of halogens is 1. The first kappa shape index (κ1) is 16.7. The van der Waals surface area contributed by atoms with Crippen LogP contribution in [0.1, 0.15) is 0 Å². The van der Waals surface area contributed by atoms with Crippen LogP contribution < -0.4 is 4.90 Å². The number of esters is 2. The Balaban J connectivity index is 2.20. The lowest BCUT2D eigenvalue weighted by Gasteiger charge is -2.31. The molecule has 8 nitrogen and oxygen atoms in total. The number of para-hydroxylation sites is 1. The van der Waals surface area contributed by atoms with Crippen molar-refractivity contribution in [1.82, 2.24) is 10.2 Å². The highest BCUT2D eigenvalue weighted by Crippen LogP contribution is 2.32. The van der Waals surface area contributed by atoms with Crippen LogP contribution in [0.4, 0.5) is 5.69 Å². The Morgan fingerprint density at radius 3 is 2.75 bits per heavy atom. The molecule has 0 saturated carbocycles. The van der Waals surface area contributed by atoms with Gasteiger partial charge in [0.1, 0.15) is 21.6 Å². The van der Waals surface area contributed by atoms with Gasteiger partial charge in [0.05, 0.1) is 32.1 Å². The fourth-order valence-electron chi connectivity index (χ4n) is 2.54. The molecule has 0 amide bonds. The number of methoxy groups -OCH3 is 2. The number of benzene rings is 1. The largest absolute Gasteiger partial charge is 0.466 e. The fourth-order valence-corrected chi connectivity index (χ4v) is 3.10. The summed E-state index contributed by atoms with van der Waals surface area (Å²) < 4.78 is 16.0. The predicted molar refractivity (Wildman–Crippen MR) is 93.2 cm³/mol. The summed E-state index contributed by atoms with van der Waals surface area (Å²) in [5, 5.41) is 8.09. The lowest BCUT2D eigenvalue weighted by molar-refractivity contribution is -0.140. The van der Waals surface area contributed by atoms with Crippen molar-refractivity contribution in [1.29, 1.82) is 0 Å². The van der Waals surface area contributed by atoms with Gasteiger partial charge in [-0.05, 0) is 34.7 Å². The fraction of sp³-hybridized carbons (Fsp3) is 0.267. The van der Waals surface area contributed by atoms with E-state index >= 15 is 0 Å². The molecule has 126 valence electrons. The number of nitrogens with zero attached hydrogens (tertiary/aromatic N) is 2. The molecule has 1 aromatic carbocycles. The number of ether oxygens (including phenoxy) is 3. The highest BCUT2D eigenvalue weighted by atomic mass is 127. The number of aromatic amines is 1. The van der Waals surface area contributed by atoms with E-state index in [1.807, 2.05) is 12.1 Å². The number of rotatable bonds is 3. The molecule has 0 atom stereocenters. The number of nitrogens with one attached hydrogen (secondary N) is 1. The number of carbonyl (C=O) groups is 2.